The van der Waals surface area contributed by atoms with Crippen LogP contribution in [-0.2, 0) is 16.0 Å². The predicted octanol–water partition coefficient (Wildman–Crippen LogP) is 3.52. The van der Waals surface area contributed by atoms with E-state index in [1.165, 1.54) is 17.0 Å². The molecule has 1 heterocycles. The van der Waals surface area contributed by atoms with Gasteiger partial charge in [0.2, 0.25) is 0 Å². The number of halogens is 1. The van der Waals surface area contributed by atoms with E-state index < -0.39 is 11.6 Å². The van der Waals surface area contributed by atoms with E-state index >= 15 is 0 Å². The van der Waals surface area contributed by atoms with E-state index in [4.69, 9.17) is 4.74 Å². The molecule has 4 nitrogen and oxygen atoms in total. The number of fused-ring (bicyclic) bond motifs is 1. The average Bonchev–Trinajstić information content (AvgIpc) is 2.60. The lowest BCUT2D eigenvalue weighted by Gasteiger charge is -2.38. The van der Waals surface area contributed by atoms with Crippen LogP contribution in [0.1, 0.15) is 41.4 Å². The minimum absolute atomic E-state index is 0.277. The number of hydrogen-bond donors (Lipinski definition) is 0. The number of esters is 1. The van der Waals surface area contributed by atoms with Crippen LogP contribution in [0.25, 0.3) is 0 Å². The molecular formula is C20H20FNO3. The fourth-order valence-corrected chi connectivity index (χ4v) is 3.17. The van der Waals surface area contributed by atoms with E-state index in [2.05, 4.69) is 0 Å². The van der Waals surface area contributed by atoms with Crippen molar-refractivity contribution in [2.24, 2.45) is 0 Å². The first-order valence-electron chi connectivity index (χ1n) is 8.16. The highest BCUT2D eigenvalue weighted by Crippen LogP contribution is 2.31. The lowest BCUT2D eigenvalue weighted by Crippen LogP contribution is -2.52. The second kappa shape index (κ2) is 6.31. The number of rotatable bonds is 3. The Morgan fingerprint density at radius 3 is 2.52 bits per heavy atom. The number of carbonyl (C=O) groups is 2. The zero-order valence-electron chi connectivity index (χ0n) is 14.5. The molecule has 1 aliphatic heterocycles. The molecule has 1 amide bonds. The van der Waals surface area contributed by atoms with E-state index in [1.807, 2.05) is 19.1 Å². The Morgan fingerprint density at radius 1 is 1.20 bits per heavy atom. The Hall–Kier alpha value is -2.69. The number of likely N-dealkylation sites (N-methyl/N-ethyl adjacent to an activating group) is 1. The Balaban J connectivity index is 1.84. The molecule has 2 atom stereocenters. The van der Waals surface area contributed by atoms with Gasteiger partial charge in [-0.25, -0.2) is 9.18 Å². The van der Waals surface area contributed by atoms with E-state index in [0.29, 0.717) is 12.0 Å². The van der Waals surface area contributed by atoms with Crippen molar-refractivity contribution in [3.63, 3.8) is 0 Å². The summed E-state index contributed by atoms with van der Waals surface area (Å²) in [4.78, 5) is 26.8. The first-order valence-corrected chi connectivity index (χ1v) is 8.16. The molecule has 5 heteroatoms. The van der Waals surface area contributed by atoms with Crippen LogP contribution < -0.4 is 0 Å². The number of nitrogens with zero attached hydrogens (tertiary/aromatic N) is 1. The number of carbonyl (C=O) groups excluding carboxylic acids is 2. The predicted molar refractivity (Wildman–Crippen MR) is 91.6 cm³/mol. The van der Waals surface area contributed by atoms with Gasteiger partial charge < -0.3 is 9.64 Å². The van der Waals surface area contributed by atoms with Gasteiger partial charge in [0.1, 0.15) is 5.82 Å². The van der Waals surface area contributed by atoms with Crippen LogP contribution in [0.4, 0.5) is 4.39 Å². The quantitative estimate of drug-likeness (QED) is 0.803. The maximum absolute atomic E-state index is 13.1. The van der Waals surface area contributed by atoms with Gasteiger partial charge in [-0.05, 0) is 43.2 Å². The molecule has 3 rings (SSSR count). The maximum Gasteiger partial charge on any atom is 0.339 e. The van der Waals surface area contributed by atoms with Gasteiger partial charge in [0.25, 0.3) is 5.91 Å². The van der Waals surface area contributed by atoms with Crippen LogP contribution in [0.15, 0.2) is 48.5 Å². The van der Waals surface area contributed by atoms with Gasteiger partial charge >= 0.3 is 5.97 Å². The highest BCUT2D eigenvalue weighted by molar-refractivity contribution is 5.97. The van der Waals surface area contributed by atoms with Crippen molar-refractivity contribution in [2.45, 2.75) is 31.9 Å². The Bertz CT molecular complexity index is 818. The zero-order valence-corrected chi connectivity index (χ0v) is 14.5. The number of ether oxygens (including phenoxy) is 1. The average molecular weight is 341 g/mol. The molecule has 0 N–H and O–H groups in total. The standard InChI is InChI=1S/C20H20FNO3/c1-13(14-8-10-16(21)11-9-14)22(3)19(24)20(2)12-15-6-4-5-7-17(15)18(23)25-20/h4-11,13H,12H2,1-3H3/t13-,20-/m0/s1. The normalized spacial score (nSPS) is 20.4. The number of benzene rings is 2. The summed E-state index contributed by atoms with van der Waals surface area (Å²) in [7, 11) is 1.66. The smallest absolute Gasteiger partial charge is 0.339 e. The lowest BCUT2D eigenvalue weighted by atomic mass is 9.88. The molecule has 0 aliphatic carbocycles. The van der Waals surface area contributed by atoms with Crippen LogP contribution in [0.2, 0.25) is 0 Å². The Labute approximate surface area is 146 Å². The molecule has 0 spiro atoms. The highest BCUT2D eigenvalue weighted by Gasteiger charge is 2.44. The van der Waals surface area contributed by atoms with Crippen LogP contribution in [0, 0.1) is 5.82 Å². The zero-order chi connectivity index (χ0) is 18.2. The highest BCUT2D eigenvalue weighted by atomic mass is 19.1. The van der Waals surface area contributed by atoms with E-state index in [0.717, 1.165) is 11.1 Å². The van der Waals surface area contributed by atoms with E-state index in [9.17, 15) is 14.0 Å². The third-order valence-corrected chi connectivity index (χ3v) is 4.79. The number of hydrogen-bond acceptors (Lipinski definition) is 3. The summed E-state index contributed by atoms with van der Waals surface area (Å²) >= 11 is 0. The summed E-state index contributed by atoms with van der Waals surface area (Å²) in [6.07, 6.45) is 0.328. The van der Waals surface area contributed by atoms with Gasteiger partial charge in [-0.15, -0.1) is 0 Å². The van der Waals surface area contributed by atoms with Gasteiger partial charge in [-0.2, -0.15) is 0 Å². The summed E-state index contributed by atoms with van der Waals surface area (Å²) in [5, 5.41) is 0. The van der Waals surface area contributed by atoms with Crippen molar-refractivity contribution < 1.29 is 18.7 Å². The van der Waals surface area contributed by atoms with Gasteiger partial charge in [0, 0.05) is 13.5 Å². The summed E-state index contributed by atoms with van der Waals surface area (Å²) in [6.45, 7) is 3.49. The first-order chi connectivity index (χ1) is 11.8. The van der Waals surface area contributed by atoms with Gasteiger partial charge in [-0.1, -0.05) is 30.3 Å². The van der Waals surface area contributed by atoms with Crippen molar-refractivity contribution in [2.75, 3.05) is 7.05 Å². The first kappa shape index (κ1) is 17.1. The van der Waals surface area contributed by atoms with E-state index in [-0.39, 0.29) is 17.8 Å². The summed E-state index contributed by atoms with van der Waals surface area (Å²) in [5.41, 5.74) is 0.858. The minimum atomic E-state index is -1.26. The summed E-state index contributed by atoms with van der Waals surface area (Å²) < 4.78 is 18.6. The largest absolute Gasteiger partial charge is 0.445 e. The molecule has 0 unspecified atom stereocenters. The van der Waals surface area contributed by atoms with Crippen molar-refractivity contribution in [1.29, 1.82) is 0 Å². The monoisotopic (exact) mass is 341 g/mol. The van der Waals surface area contributed by atoms with Crippen LogP contribution in [-0.4, -0.2) is 29.4 Å². The molecule has 0 saturated carbocycles. The van der Waals surface area contributed by atoms with Crippen molar-refractivity contribution >= 4 is 11.9 Å². The fourth-order valence-electron chi connectivity index (χ4n) is 3.17. The lowest BCUT2D eigenvalue weighted by molar-refractivity contribution is -0.151. The molecule has 0 fully saturated rings. The molecule has 0 radical (unpaired) electrons. The van der Waals surface area contributed by atoms with Crippen molar-refractivity contribution in [1.82, 2.24) is 4.90 Å². The summed E-state index contributed by atoms with van der Waals surface area (Å²) in [6, 6.07) is 12.9. The Morgan fingerprint density at radius 2 is 1.84 bits per heavy atom. The molecule has 130 valence electrons. The molecule has 0 saturated heterocycles. The van der Waals surface area contributed by atoms with Crippen molar-refractivity contribution in [3.8, 4) is 0 Å². The molecule has 2 aromatic rings. The molecule has 0 bridgehead atoms. The topological polar surface area (TPSA) is 46.6 Å². The summed E-state index contributed by atoms with van der Waals surface area (Å²) in [5.74, 6) is -1.09. The molecule has 1 aliphatic rings. The second-order valence-electron chi connectivity index (χ2n) is 6.60. The van der Waals surface area contributed by atoms with Gasteiger partial charge in [0.05, 0.1) is 11.6 Å². The Kier molecular flexibility index (Phi) is 4.33. The molecular weight excluding hydrogens is 321 g/mol. The third-order valence-electron chi connectivity index (χ3n) is 4.79. The molecule has 2 aromatic carbocycles. The SMILES string of the molecule is C[C@@H](c1ccc(F)cc1)N(C)C(=O)[C@]1(C)Cc2ccccc2C(=O)O1. The van der Waals surface area contributed by atoms with Crippen LogP contribution in [0.3, 0.4) is 0 Å². The number of amides is 1. The molecule has 0 aromatic heterocycles. The van der Waals surface area contributed by atoms with Crippen LogP contribution in [0.5, 0.6) is 0 Å². The van der Waals surface area contributed by atoms with Crippen molar-refractivity contribution in [3.05, 3.63) is 71.0 Å². The van der Waals surface area contributed by atoms with Gasteiger partial charge in [0.15, 0.2) is 5.60 Å². The number of cyclic esters (lactones) is 1. The second-order valence-corrected chi connectivity index (χ2v) is 6.60. The fraction of sp³-hybridized carbons (Fsp3) is 0.300. The van der Waals surface area contributed by atoms with Gasteiger partial charge in [-0.3, -0.25) is 4.79 Å². The third kappa shape index (κ3) is 3.14. The van der Waals surface area contributed by atoms with E-state index in [1.54, 1.807) is 38.2 Å². The van der Waals surface area contributed by atoms with Crippen LogP contribution >= 0.6 is 0 Å². The minimum Gasteiger partial charge on any atom is -0.445 e. The molecule has 25 heavy (non-hydrogen) atoms. The maximum atomic E-state index is 13.1.